The number of rotatable bonds is 8. The van der Waals surface area contributed by atoms with Crippen molar-refractivity contribution in [2.75, 3.05) is 0 Å². The van der Waals surface area contributed by atoms with Crippen LogP contribution in [0.5, 0.6) is 35.3 Å². The zero-order valence-corrected chi connectivity index (χ0v) is 23.5. The Morgan fingerprint density at radius 2 is 0.833 bits per heavy atom. The molecule has 2 aromatic rings. The van der Waals surface area contributed by atoms with Gasteiger partial charge < -0.3 is 33.7 Å². The average Bonchev–Trinajstić information content (AvgIpc) is 2.60. The summed E-state index contributed by atoms with van der Waals surface area (Å²) in [5.74, 6) is 0.909. The van der Waals surface area contributed by atoms with Gasteiger partial charge in [-0.1, -0.05) is 0 Å². The Balaban J connectivity index is 0.00000648. The van der Waals surface area contributed by atoms with Crippen molar-refractivity contribution >= 4 is 7.69 Å². The number of hydrogen-bond acceptors (Lipinski definition) is 10. The fourth-order valence-electron chi connectivity index (χ4n) is 2.34. The lowest BCUT2D eigenvalue weighted by Crippen LogP contribution is -2.27. The van der Waals surface area contributed by atoms with Crippen molar-refractivity contribution in [3.63, 3.8) is 0 Å². The number of hydrogen-bond donors (Lipinski definition) is 0. The minimum Gasteiger partial charge on any atom is -0.521 e. The third kappa shape index (κ3) is 11.6. The predicted octanol–water partition coefficient (Wildman–Crippen LogP) is 4.14. The van der Waals surface area contributed by atoms with Crippen molar-refractivity contribution in [1.82, 2.24) is 19.9 Å². The Kier molecular flexibility index (Phi) is 9.79. The second-order valence-corrected chi connectivity index (χ2v) is 11.8. The summed E-state index contributed by atoms with van der Waals surface area (Å²) in [6.45, 7) is 22.8. The van der Waals surface area contributed by atoms with Gasteiger partial charge in [0.15, 0.2) is 11.5 Å². The summed E-state index contributed by atoms with van der Waals surface area (Å²) < 4.78 is 34.7. The highest BCUT2D eigenvalue weighted by Crippen LogP contribution is 2.32. The van der Waals surface area contributed by atoms with Crippen LogP contribution in [0.1, 0.15) is 83.1 Å². The van der Waals surface area contributed by atoms with Gasteiger partial charge in [0.2, 0.25) is 0 Å². The molecule has 2 aromatic heterocycles. The molecule has 2 N–H and O–H groups in total. The lowest BCUT2D eigenvalue weighted by molar-refractivity contribution is 0.101. The maximum atomic E-state index is 5.94. The van der Waals surface area contributed by atoms with E-state index in [1.165, 1.54) is 12.4 Å². The molecule has 0 spiro atoms. The lowest BCUT2D eigenvalue weighted by atomic mass is 10.2. The molecular weight excluding hydrogens is 467 g/mol. The van der Waals surface area contributed by atoms with Gasteiger partial charge in [-0.3, -0.25) is 0 Å². The van der Waals surface area contributed by atoms with Crippen molar-refractivity contribution in [3.05, 3.63) is 12.4 Å². The quantitative estimate of drug-likeness (QED) is 0.479. The normalized spacial score (nSPS) is 12.2. The monoisotopic (exact) mass is 507 g/mol. The Bertz CT molecular complexity index is 914. The van der Waals surface area contributed by atoms with E-state index in [-0.39, 0.29) is 40.8 Å². The van der Waals surface area contributed by atoms with Crippen LogP contribution in [0, 0.1) is 0 Å². The molecule has 0 aliphatic carbocycles. The highest BCUT2D eigenvalue weighted by atomic mass is 16.6. The molecule has 0 saturated heterocycles. The van der Waals surface area contributed by atoms with Crippen LogP contribution in [0.4, 0.5) is 0 Å². The molecule has 0 atom stereocenters. The molecule has 0 saturated carbocycles. The van der Waals surface area contributed by atoms with E-state index in [2.05, 4.69) is 19.9 Å². The van der Waals surface area contributed by atoms with Crippen molar-refractivity contribution in [2.45, 2.75) is 105 Å². The van der Waals surface area contributed by atoms with Crippen LogP contribution >= 0.6 is 0 Å². The number of ether oxygens (including phenoxy) is 4. The molecule has 201 valence electrons. The molecule has 0 unspecified atom stereocenters. The van der Waals surface area contributed by atoms with E-state index < -0.39 is 22.4 Å². The number of nitrogens with zero attached hydrogens (tertiary/aromatic N) is 4. The van der Waals surface area contributed by atoms with Crippen LogP contribution in [0.3, 0.4) is 0 Å². The van der Waals surface area contributed by atoms with Crippen molar-refractivity contribution in [3.8, 4) is 35.3 Å². The zero-order chi connectivity index (χ0) is 26.7. The van der Waals surface area contributed by atoms with Gasteiger partial charge in [0.1, 0.15) is 22.4 Å². The standard InChI is InChI=1S/C24H38BN4O6.H2O/c1-21(2,3)30-17-15(13-26-19(28-17)32-23(7,8)9)34-25-35-16-14-27-20(33-24(10,11)12)29-18(16)31-22(4,5)6;/h13-14H,1-12H3;1H2. The van der Waals surface area contributed by atoms with Crippen LogP contribution in [0.15, 0.2) is 12.4 Å². The summed E-state index contributed by atoms with van der Waals surface area (Å²) in [6.07, 6.45) is 2.91. The molecule has 0 aromatic carbocycles. The van der Waals surface area contributed by atoms with Crippen molar-refractivity contribution in [2.24, 2.45) is 0 Å². The molecule has 36 heavy (non-hydrogen) atoms. The van der Waals surface area contributed by atoms with E-state index in [4.69, 9.17) is 28.3 Å². The first kappa shape index (κ1) is 31.0. The molecule has 0 aliphatic rings. The molecule has 2 heterocycles. The zero-order valence-electron chi connectivity index (χ0n) is 23.5. The van der Waals surface area contributed by atoms with Gasteiger partial charge in [0.25, 0.3) is 11.8 Å². The van der Waals surface area contributed by atoms with Crippen molar-refractivity contribution < 1.29 is 33.7 Å². The maximum absolute atomic E-state index is 5.94. The maximum Gasteiger partial charge on any atom is 0.658 e. The Morgan fingerprint density at radius 3 is 1.11 bits per heavy atom. The van der Waals surface area contributed by atoms with Gasteiger partial charge in [-0.05, 0) is 83.1 Å². The third-order valence-electron chi connectivity index (χ3n) is 3.35. The largest absolute Gasteiger partial charge is 0.658 e. The van der Waals surface area contributed by atoms with Gasteiger partial charge in [-0.15, -0.1) is 0 Å². The van der Waals surface area contributed by atoms with Crippen LogP contribution in [0.25, 0.3) is 0 Å². The summed E-state index contributed by atoms with van der Waals surface area (Å²) in [7, 11) is 1.11. The molecule has 2 rings (SSSR count). The van der Waals surface area contributed by atoms with Gasteiger partial charge in [0, 0.05) is 0 Å². The van der Waals surface area contributed by atoms with Gasteiger partial charge in [-0.25, -0.2) is 0 Å². The van der Waals surface area contributed by atoms with Crippen LogP contribution < -0.4 is 28.3 Å². The molecule has 1 radical (unpaired) electrons. The first-order chi connectivity index (χ1) is 15.8. The van der Waals surface area contributed by atoms with Crippen LogP contribution in [-0.4, -0.2) is 55.5 Å². The van der Waals surface area contributed by atoms with E-state index in [0.29, 0.717) is 0 Å². The fraction of sp³-hybridized carbons (Fsp3) is 0.667. The number of aromatic nitrogens is 4. The molecule has 0 bridgehead atoms. The Morgan fingerprint density at radius 1 is 0.528 bits per heavy atom. The van der Waals surface area contributed by atoms with Gasteiger partial charge >= 0.3 is 19.7 Å². The lowest BCUT2D eigenvalue weighted by Gasteiger charge is -2.24. The van der Waals surface area contributed by atoms with Crippen LogP contribution in [-0.2, 0) is 0 Å². The summed E-state index contributed by atoms with van der Waals surface area (Å²) >= 11 is 0. The molecule has 0 aliphatic heterocycles. The Hall–Kier alpha value is -3.02. The van der Waals surface area contributed by atoms with Crippen LogP contribution in [0.2, 0.25) is 0 Å². The van der Waals surface area contributed by atoms with E-state index >= 15 is 0 Å². The highest BCUT2D eigenvalue weighted by molar-refractivity contribution is 6.20. The molecule has 0 fully saturated rings. The highest BCUT2D eigenvalue weighted by Gasteiger charge is 2.24. The first-order valence-electron chi connectivity index (χ1n) is 11.4. The van der Waals surface area contributed by atoms with E-state index in [1.807, 2.05) is 83.1 Å². The average molecular weight is 507 g/mol. The van der Waals surface area contributed by atoms with E-state index in [1.54, 1.807) is 0 Å². The minimum absolute atomic E-state index is 0. The molecule has 0 amide bonds. The fourth-order valence-corrected chi connectivity index (χ4v) is 2.34. The smallest absolute Gasteiger partial charge is 0.521 e. The summed E-state index contributed by atoms with van der Waals surface area (Å²) in [5.41, 5.74) is -2.00. The van der Waals surface area contributed by atoms with E-state index in [0.717, 1.165) is 7.69 Å². The summed E-state index contributed by atoms with van der Waals surface area (Å²) in [5, 5.41) is 0. The van der Waals surface area contributed by atoms with E-state index in [9.17, 15) is 0 Å². The molecule has 12 heteroatoms. The van der Waals surface area contributed by atoms with Crippen molar-refractivity contribution in [1.29, 1.82) is 0 Å². The third-order valence-corrected chi connectivity index (χ3v) is 3.35. The predicted molar refractivity (Wildman–Crippen MR) is 136 cm³/mol. The minimum atomic E-state index is -0.531. The molecule has 11 nitrogen and oxygen atoms in total. The van der Waals surface area contributed by atoms with Gasteiger partial charge in [0.05, 0.1) is 12.4 Å². The first-order valence-corrected chi connectivity index (χ1v) is 11.4. The topological polar surface area (TPSA) is 138 Å². The molecular formula is C24H40BN4O7. The second-order valence-electron chi connectivity index (χ2n) is 11.8. The second kappa shape index (κ2) is 11.4. The SMILES string of the molecule is CC(C)(C)Oc1ncc(O[B]Oc2cnc(OC(C)(C)C)nc2OC(C)(C)C)c(OC(C)(C)C)n1.O. The summed E-state index contributed by atoms with van der Waals surface area (Å²) in [6, 6.07) is 0.349. The summed E-state index contributed by atoms with van der Waals surface area (Å²) in [4.78, 5) is 17.1. The van der Waals surface area contributed by atoms with Gasteiger partial charge in [-0.2, -0.15) is 19.9 Å². The Labute approximate surface area is 214 Å².